The molecule has 0 saturated heterocycles. The Hall–Kier alpha value is 0.710. The van der Waals surface area contributed by atoms with E-state index in [1.54, 1.807) is 0 Å². The lowest BCUT2D eigenvalue weighted by Gasteiger charge is -1.88. The number of benzene rings is 1. The Bertz CT molecular complexity index is 155. The van der Waals surface area contributed by atoms with Crippen LogP contribution in [0.15, 0.2) is 28.7 Å². The van der Waals surface area contributed by atoms with Gasteiger partial charge >= 0.3 is 0 Å². The van der Waals surface area contributed by atoms with Crippen molar-refractivity contribution in [1.29, 1.82) is 0 Å². The Labute approximate surface area is 83.9 Å². The van der Waals surface area contributed by atoms with E-state index in [0.717, 1.165) is 4.47 Å². The van der Waals surface area contributed by atoms with Crippen LogP contribution >= 0.6 is 50.0 Å². The minimum atomic E-state index is 0. The Kier molecular flexibility index (Phi) is 8.55. The molecule has 0 aliphatic heterocycles. The molecule has 0 heterocycles. The minimum Gasteiger partial charge on any atom is -0.147 e. The van der Waals surface area contributed by atoms with Gasteiger partial charge in [0.1, 0.15) is 0 Å². The average molecular weight is 262 g/mol. The fourth-order valence-electron chi connectivity index (χ4n) is 0.463. The second-order valence-electron chi connectivity index (χ2n) is 1.55. The van der Waals surface area contributed by atoms with Gasteiger partial charge in [0.2, 0.25) is 0 Å². The third kappa shape index (κ3) is 4.51. The predicted molar refractivity (Wildman–Crippen MR) is 58.0 cm³/mol. The van der Waals surface area contributed by atoms with Crippen LogP contribution in [0.2, 0.25) is 0 Å². The SMILES string of the molecule is Cl.Cl.Pc1ccc(Br)cc1. The highest BCUT2D eigenvalue weighted by Gasteiger charge is 1.81. The summed E-state index contributed by atoms with van der Waals surface area (Å²) in [5.41, 5.74) is 0. The lowest BCUT2D eigenvalue weighted by molar-refractivity contribution is 1.70. The van der Waals surface area contributed by atoms with Crippen molar-refractivity contribution in [3.8, 4) is 0 Å². The molecule has 1 rings (SSSR count). The lowest BCUT2D eigenvalue weighted by atomic mass is 10.4. The van der Waals surface area contributed by atoms with E-state index >= 15 is 0 Å². The van der Waals surface area contributed by atoms with Gasteiger partial charge in [-0.1, -0.05) is 28.1 Å². The van der Waals surface area contributed by atoms with E-state index in [4.69, 9.17) is 0 Å². The van der Waals surface area contributed by atoms with Crippen molar-refractivity contribution < 1.29 is 0 Å². The van der Waals surface area contributed by atoms with Gasteiger partial charge in [0.05, 0.1) is 0 Å². The molecule has 0 nitrogen and oxygen atoms in total. The van der Waals surface area contributed by atoms with Gasteiger partial charge in [-0.3, -0.25) is 0 Å². The molecule has 0 aromatic heterocycles. The summed E-state index contributed by atoms with van der Waals surface area (Å²) in [5, 5.41) is 1.22. The van der Waals surface area contributed by atoms with Crippen molar-refractivity contribution in [2.75, 3.05) is 0 Å². The summed E-state index contributed by atoms with van der Waals surface area (Å²) in [4.78, 5) is 0. The summed E-state index contributed by atoms with van der Waals surface area (Å²) in [6.07, 6.45) is 0. The molecule has 0 fully saturated rings. The third-order valence-corrected chi connectivity index (χ3v) is 1.78. The van der Waals surface area contributed by atoms with E-state index in [0.29, 0.717) is 0 Å². The molecule has 0 bridgehead atoms. The zero-order valence-electron chi connectivity index (χ0n) is 5.08. The molecular formula is C6H8BrCl2P. The zero-order valence-corrected chi connectivity index (χ0v) is 9.45. The lowest BCUT2D eigenvalue weighted by Crippen LogP contribution is -1.84. The molecule has 1 unspecified atom stereocenters. The van der Waals surface area contributed by atoms with Crippen molar-refractivity contribution in [3.63, 3.8) is 0 Å². The van der Waals surface area contributed by atoms with Crippen LogP contribution in [0, 0.1) is 0 Å². The topological polar surface area (TPSA) is 0 Å². The quantitative estimate of drug-likeness (QED) is 0.630. The van der Waals surface area contributed by atoms with Crippen LogP contribution in [0.5, 0.6) is 0 Å². The molecule has 0 radical (unpaired) electrons. The molecule has 4 heteroatoms. The van der Waals surface area contributed by atoms with Crippen LogP contribution in [0.25, 0.3) is 0 Å². The van der Waals surface area contributed by atoms with Gasteiger partial charge in [-0.2, -0.15) is 0 Å². The first-order valence-electron chi connectivity index (χ1n) is 2.30. The number of hydrogen-bond donors (Lipinski definition) is 0. The maximum Gasteiger partial charge on any atom is 0.0175 e. The van der Waals surface area contributed by atoms with Crippen molar-refractivity contribution in [2.45, 2.75) is 0 Å². The maximum absolute atomic E-state index is 3.34. The van der Waals surface area contributed by atoms with Gasteiger partial charge in [0, 0.05) is 4.47 Å². The average Bonchev–Trinajstić information content (AvgIpc) is 1.77. The molecule has 0 N–H and O–H groups in total. The molecule has 1 atom stereocenters. The van der Waals surface area contributed by atoms with Crippen LogP contribution in [-0.4, -0.2) is 0 Å². The molecule has 0 saturated carbocycles. The molecule has 0 aliphatic rings. The largest absolute Gasteiger partial charge is 0.147 e. The second-order valence-corrected chi connectivity index (χ2v) is 3.13. The summed E-state index contributed by atoms with van der Waals surface area (Å²) in [6, 6.07) is 8.11. The van der Waals surface area contributed by atoms with E-state index in [-0.39, 0.29) is 24.8 Å². The van der Waals surface area contributed by atoms with Crippen LogP contribution in [0.1, 0.15) is 0 Å². The van der Waals surface area contributed by atoms with Gasteiger partial charge in [0.25, 0.3) is 0 Å². The third-order valence-electron chi connectivity index (χ3n) is 0.870. The van der Waals surface area contributed by atoms with Gasteiger partial charge < -0.3 is 0 Å². The maximum atomic E-state index is 3.34. The normalized spacial score (nSPS) is 7.40. The van der Waals surface area contributed by atoms with Gasteiger partial charge in [-0.15, -0.1) is 34.1 Å². The standard InChI is InChI=1S/C6H6BrP.2ClH/c7-5-1-3-6(8)4-2-5;;/h1-4H,8H2;2*1H. The number of rotatable bonds is 0. The highest BCUT2D eigenvalue weighted by molar-refractivity contribution is 9.10. The Morgan fingerprint density at radius 2 is 1.40 bits per heavy atom. The van der Waals surface area contributed by atoms with E-state index in [2.05, 4.69) is 25.2 Å². The summed E-state index contributed by atoms with van der Waals surface area (Å²) in [6.45, 7) is 0. The number of halogens is 3. The van der Waals surface area contributed by atoms with Crippen molar-refractivity contribution in [2.24, 2.45) is 0 Å². The first kappa shape index (κ1) is 13.3. The summed E-state index contributed by atoms with van der Waals surface area (Å²) < 4.78 is 1.13. The molecule has 10 heavy (non-hydrogen) atoms. The minimum absolute atomic E-state index is 0. The van der Waals surface area contributed by atoms with Crippen LogP contribution in [0.3, 0.4) is 0 Å². The van der Waals surface area contributed by atoms with Gasteiger partial charge in [-0.25, -0.2) is 0 Å². The monoisotopic (exact) mass is 260 g/mol. The van der Waals surface area contributed by atoms with Crippen LogP contribution < -0.4 is 5.30 Å². The van der Waals surface area contributed by atoms with Crippen LogP contribution in [0.4, 0.5) is 0 Å². The van der Waals surface area contributed by atoms with Crippen molar-refractivity contribution in [3.05, 3.63) is 28.7 Å². The van der Waals surface area contributed by atoms with E-state index in [1.165, 1.54) is 5.30 Å². The van der Waals surface area contributed by atoms with Crippen molar-refractivity contribution in [1.82, 2.24) is 0 Å². The zero-order chi connectivity index (χ0) is 5.98. The van der Waals surface area contributed by atoms with Gasteiger partial charge in [0.15, 0.2) is 0 Å². The fraction of sp³-hybridized carbons (Fsp3) is 0. The second kappa shape index (κ2) is 6.42. The van der Waals surface area contributed by atoms with E-state index < -0.39 is 0 Å². The molecule has 58 valence electrons. The first-order chi connectivity index (χ1) is 3.79. The fourth-order valence-corrected chi connectivity index (χ4v) is 0.920. The Morgan fingerprint density at radius 3 is 1.70 bits per heavy atom. The molecule has 0 amide bonds. The molecule has 1 aromatic carbocycles. The Morgan fingerprint density at radius 1 is 1.00 bits per heavy atom. The number of hydrogen-bond acceptors (Lipinski definition) is 0. The highest BCUT2D eigenvalue weighted by Crippen LogP contribution is 2.05. The molecular weight excluding hydrogens is 254 g/mol. The molecule has 0 aliphatic carbocycles. The highest BCUT2D eigenvalue weighted by atomic mass is 79.9. The van der Waals surface area contributed by atoms with Crippen LogP contribution in [-0.2, 0) is 0 Å². The van der Waals surface area contributed by atoms with Crippen molar-refractivity contribution >= 4 is 55.3 Å². The smallest absolute Gasteiger partial charge is 0.0175 e. The van der Waals surface area contributed by atoms with E-state index in [9.17, 15) is 0 Å². The predicted octanol–water partition coefficient (Wildman–Crippen LogP) is 2.79. The summed E-state index contributed by atoms with van der Waals surface area (Å²) >= 11 is 3.34. The first-order valence-corrected chi connectivity index (χ1v) is 3.67. The summed E-state index contributed by atoms with van der Waals surface area (Å²) in [5.74, 6) is 0. The van der Waals surface area contributed by atoms with E-state index in [1.807, 2.05) is 24.3 Å². The van der Waals surface area contributed by atoms with Gasteiger partial charge in [-0.05, 0) is 17.4 Å². The summed E-state index contributed by atoms with van der Waals surface area (Å²) in [7, 11) is 2.63. The Balaban J connectivity index is 0. The molecule has 0 spiro atoms. The molecule has 1 aromatic rings.